The number of anilines is 2. The van der Waals surface area contributed by atoms with Crippen molar-refractivity contribution in [3.8, 4) is 6.07 Å². The minimum atomic E-state index is -3.87. The van der Waals surface area contributed by atoms with Gasteiger partial charge < -0.3 is 15.6 Å². The first-order valence-corrected chi connectivity index (χ1v) is 13.0. The molecule has 3 aromatic carbocycles. The van der Waals surface area contributed by atoms with Crippen LogP contribution in [0, 0.1) is 11.3 Å². The van der Waals surface area contributed by atoms with Crippen LogP contribution >= 0.6 is 0 Å². The van der Waals surface area contributed by atoms with Gasteiger partial charge in [0.05, 0.1) is 35.1 Å². The van der Waals surface area contributed by atoms with E-state index in [2.05, 4.69) is 20.9 Å². The van der Waals surface area contributed by atoms with Crippen molar-refractivity contribution in [2.45, 2.75) is 30.4 Å². The summed E-state index contributed by atoms with van der Waals surface area (Å²) in [5.41, 5.74) is 10.4. The summed E-state index contributed by atoms with van der Waals surface area (Å²) in [4.78, 5) is 9.72. The van der Waals surface area contributed by atoms with Crippen LogP contribution in [-0.4, -0.2) is 35.3 Å². The maximum Gasteiger partial charge on any atom is 0.243 e. The maximum atomic E-state index is 14.0. The minimum Gasteiger partial charge on any atom is -0.399 e. The summed E-state index contributed by atoms with van der Waals surface area (Å²) >= 11 is 0. The van der Waals surface area contributed by atoms with E-state index in [1.807, 2.05) is 42.6 Å². The number of H-pyrrole nitrogens is 1. The Labute approximate surface area is 210 Å². The van der Waals surface area contributed by atoms with Gasteiger partial charge in [0.1, 0.15) is 0 Å². The van der Waals surface area contributed by atoms with Crippen LogP contribution in [0.5, 0.6) is 0 Å². The molecule has 1 aliphatic heterocycles. The molecule has 2 heterocycles. The first kappa shape index (κ1) is 23.6. The fourth-order valence-corrected chi connectivity index (χ4v) is 6.26. The molecule has 0 radical (unpaired) electrons. The van der Waals surface area contributed by atoms with Crippen molar-refractivity contribution in [1.82, 2.24) is 14.3 Å². The lowest BCUT2D eigenvalue weighted by atomic mass is 10.1. The van der Waals surface area contributed by atoms with E-state index >= 15 is 0 Å². The smallest absolute Gasteiger partial charge is 0.243 e. The van der Waals surface area contributed by atoms with Crippen molar-refractivity contribution >= 4 is 21.4 Å². The molecule has 1 unspecified atom stereocenters. The minimum absolute atomic E-state index is 0.145. The lowest BCUT2D eigenvalue weighted by Gasteiger charge is -2.32. The zero-order chi connectivity index (χ0) is 25.1. The number of aromatic nitrogens is 2. The van der Waals surface area contributed by atoms with Crippen LogP contribution in [0.15, 0.2) is 90.2 Å². The average Bonchev–Trinajstić information content (AvgIpc) is 3.35. The summed E-state index contributed by atoms with van der Waals surface area (Å²) in [6, 6.07) is 23.4. The highest BCUT2D eigenvalue weighted by atomic mass is 32.2. The molecular formula is C27H26N6O2S. The second kappa shape index (κ2) is 9.85. The molecule has 3 N–H and O–H groups in total. The second-order valence-corrected chi connectivity index (χ2v) is 10.7. The molecule has 9 heteroatoms. The molecule has 0 spiro atoms. The van der Waals surface area contributed by atoms with Crippen LogP contribution in [0.3, 0.4) is 0 Å². The zero-order valence-electron chi connectivity index (χ0n) is 19.6. The zero-order valence-corrected chi connectivity index (χ0v) is 20.4. The molecule has 0 aliphatic carbocycles. The largest absolute Gasteiger partial charge is 0.399 e. The van der Waals surface area contributed by atoms with Gasteiger partial charge in [0, 0.05) is 36.7 Å². The molecule has 1 aromatic heterocycles. The molecule has 0 amide bonds. The summed E-state index contributed by atoms with van der Waals surface area (Å²) in [6.45, 7) is 1.10. The Morgan fingerprint density at radius 1 is 1.08 bits per heavy atom. The molecular weight excluding hydrogens is 472 g/mol. The Morgan fingerprint density at radius 2 is 1.86 bits per heavy atom. The third-order valence-corrected chi connectivity index (χ3v) is 8.34. The number of sulfonamides is 1. The molecule has 0 fully saturated rings. The monoisotopic (exact) mass is 498 g/mol. The summed E-state index contributed by atoms with van der Waals surface area (Å²) in [5.74, 6) is 0. The van der Waals surface area contributed by atoms with Gasteiger partial charge in [-0.3, -0.25) is 0 Å². The molecule has 182 valence electrons. The van der Waals surface area contributed by atoms with Gasteiger partial charge in [-0.15, -0.1) is 0 Å². The molecule has 0 saturated heterocycles. The van der Waals surface area contributed by atoms with Gasteiger partial charge in [-0.05, 0) is 60.0 Å². The van der Waals surface area contributed by atoms with Crippen molar-refractivity contribution in [3.63, 3.8) is 0 Å². The standard InChI is InChI=1S/C27H26N6O2S/c28-14-21-6-11-27-22(12-21)16-33(36(34,35)26-9-7-23(29)8-10-26)25(13-20-4-2-1-3-5-20)18-32(27)17-24-15-30-19-31-24/h1-12,15,19,25H,13,16-18,29H2,(H,30,31). The highest BCUT2D eigenvalue weighted by Gasteiger charge is 2.36. The van der Waals surface area contributed by atoms with Crippen LogP contribution in [-0.2, 0) is 29.5 Å². The van der Waals surface area contributed by atoms with Gasteiger partial charge in [-0.2, -0.15) is 9.57 Å². The van der Waals surface area contributed by atoms with Gasteiger partial charge in [-0.1, -0.05) is 30.3 Å². The summed E-state index contributed by atoms with van der Waals surface area (Å²) in [7, 11) is -3.87. The van der Waals surface area contributed by atoms with E-state index in [1.54, 1.807) is 47.0 Å². The van der Waals surface area contributed by atoms with E-state index in [1.165, 1.54) is 0 Å². The van der Waals surface area contributed by atoms with Crippen molar-refractivity contribution in [1.29, 1.82) is 5.26 Å². The van der Waals surface area contributed by atoms with Crippen LogP contribution in [0.1, 0.15) is 22.4 Å². The normalized spacial score (nSPS) is 16.2. The number of rotatable bonds is 6. The first-order chi connectivity index (χ1) is 17.4. The predicted molar refractivity (Wildman–Crippen MR) is 138 cm³/mol. The lowest BCUT2D eigenvalue weighted by Crippen LogP contribution is -2.45. The Balaban J connectivity index is 1.62. The van der Waals surface area contributed by atoms with Crippen LogP contribution in [0.25, 0.3) is 0 Å². The van der Waals surface area contributed by atoms with Gasteiger partial charge in [0.25, 0.3) is 0 Å². The topological polar surface area (TPSA) is 119 Å². The Morgan fingerprint density at radius 3 is 2.56 bits per heavy atom. The average molecular weight is 499 g/mol. The van der Waals surface area contributed by atoms with Gasteiger partial charge >= 0.3 is 0 Å². The summed E-state index contributed by atoms with van der Waals surface area (Å²) in [6.07, 6.45) is 4.00. The molecule has 0 saturated carbocycles. The summed E-state index contributed by atoms with van der Waals surface area (Å²) < 4.78 is 29.6. The Bertz CT molecular complexity index is 1480. The van der Waals surface area contributed by atoms with Gasteiger partial charge in [0.2, 0.25) is 10.0 Å². The highest BCUT2D eigenvalue weighted by Crippen LogP contribution is 2.33. The SMILES string of the molecule is N#Cc1ccc2c(c1)CN(S(=O)(=O)c1ccc(N)cc1)C(Cc1ccccc1)CN2Cc1c[nH]cn1. The van der Waals surface area contributed by atoms with E-state index in [9.17, 15) is 13.7 Å². The molecule has 0 bridgehead atoms. The number of hydrogen-bond acceptors (Lipinski definition) is 6. The van der Waals surface area contributed by atoms with E-state index in [0.29, 0.717) is 30.8 Å². The number of benzene rings is 3. The number of nitrogen functional groups attached to an aromatic ring is 1. The highest BCUT2D eigenvalue weighted by molar-refractivity contribution is 7.89. The second-order valence-electron chi connectivity index (χ2n) is 8.86. The summed E-state index contributed by atoms with van der Waals surface area (Å²) in [5, 5.41) is 9.54. The Hall–Kier alpha value is -4.13. The number of imidazole rings is 1. The molecule has 1 aliphatic rings. The number of nitriles is 1. The fraction of sp³-hybridized carbons (Fsp3) is 0.185. The van der Waals surface area contributed by atoms with Crippen LogP contribution in [0.4, 0.5) is 11.4 Å². The number of nitrogens with zero attached hydrogens (tertiary/aromatic N) is 4. The van der Waals surface area contributed by atoms with E-state index < -0.39 is 10.0 Å². The fourth-order valence-electron chi connectivity index (χ4n) is 4.66. The molecule has 8 nitrogen and oxygen atoms in total. The van der Waals surface area contributed by atoms with Gasteiger partial charge in [-0.25, -0.2) is 13.4 Å². The quantitative estimate of drug-likeness (QED) is 0.392. The Kier molecular flexibility index (Phi) is 6.46. The van der Waals surface area contributed by atoms with Crippen molar-refractivity contribution in [2.75, 3.05) is 17.2 Å². The van der Waals surface area contributed by atoms with Crippen molar-refractivity contribution < 1.29 is 8.42 Å². The third-order valence-electron chi connectivity index (χ3n) is 6.42. The van der Waals surface area contributed by atoms with Crippen LogP contribution in [0.2, 0.25) is 0 Å². The molecule has 5 rings (SSSR count). The third kappa shape index (κ3) is 4.82. The lowest BCUT2D eigenvalue weighted by molar-refractivity contribution is 0.318. The molecule has 4 aromatic rings. The number of hydrogen-bond donors (Lipinski definition) is 2. The first-order valence-electron chi connectivity index (χ1n) is 11.6. The number of nitrogens with one attached hydrogen (secondary N) is 1. The van der Waals surface area contributed by atoms with E-state index in [4.69, 9.17) is 5.73 Å². The molecule has 36 heavy (non-hydrogen) atoms. The molecule has 1 atom stereocenters. The predicted octanol–water partition coefficient (Wildman–Crippen LogP) is 3.69. The number of nitrogens with two attached hydrogens (primary N) is 1. The number of fused-ring (bicyclic) bond motifs is 1. The van der Waals surface area contributed by atoms with Crippen LogP contribution < -0.4 is 10.6 Å². The number of aromatic amines is 1. The van der Waals surface area contributed by atoms with E-state index in [-0.39, 0.29) is 17.5 Å². The van der Waals surface area contributed by atoms with E-state index in [0.717, 1.165) is 22.5 Å². The van der Waals surface area contributed by atoms with Crippen molar-refractivity contribution in [2.24, 2.45) is 0 Å². The van der Waals surface area contributed by atoms with Crippen molar-refractivity contribution in [3.05, 3.63) is 108 Å². The van der Waals surface area contributed by atoms with Gasteiger partial charge in [0.15, 0.2) is 0 Å². The maximum absolute atomic E-state index is 14.0.